The van der Waals surface area contributed by atoms with E-state index in [1.54, 1.807) is 0 Å². The maximum Gasteiger partial charge on any atom is 0.226 e. The van der Waals surface area contributed by atoms with Gasteiger partial charge in [0.1, 0.15) is 0 Å². The van der Waals surface area contributed by atoms with E-state index < -0.39 is 5.54 Å². The smallest absolute Gasteiger partial charge is 0.226 e. The summed E-state index contributed by atoms with van der Waals surface area (Å²) in [6.45, 7) is 6.07. The summed E-state index contributed by atoms with van der Waals surface area (Å²) in [6, 6.07) is 0. The van der Waals surface area contributed by atoms with Gasteiger partial charge in [-0.1, -0.05) is 25.4 Å². The first-order valence-electron chi connectivity index (χ1n) is 5.22. The van der Waals surface area contributed by atoms with Crippen LogP contribution in [-0.2, 0) is 12.0 Å². The molecule has 1 aromatic heterocycles. The molecule has 0 saturated heterocycles. The highest BCUT2D eigenvalue weighted by atomic mass is 16.5. The van der Waals surface area contributed by atoms with Crippen LogP contribution in [0.1, 0.15) is 51.7 Å². The molecule has 2 N–H and O–H groups in total. The highest BCUT2D eigenvalue weighted by Crippen LogP contribution is 2.18. The summed E-state index contributed by atoms with van der Waals surface area (Å²) in [4.78, 5) is 4.29. The van der Waals surface area contributed by atoms with E-state index in [1.165, 1.54) is 0 Å². The van der Waals surface area contributed by atoms with Crippen LogP contribution >= 0.6 is 0 Å². The summed E-state index contributed by atoms with van der Waals surface area (Å²) in [6.07, 6.45) is 3.86. The van der Waals surface area contributed by atoms with Crippen molar-refractivity contribution < 1.29 is 4.52 Å². The van der Waals surface area contributed by atoms with Crippen LogP contribution in [0.4, 0.5) is 0 Å². The Bertz CT molecular complexity index is 281. The number of aryl methyl sites for hydroxylation is 1. The molecule has 0 aromatic carbocycles. The van der Waals surface area contributed by atoms with Crippen LogP contribution in [0.2, 0.25) is 0 Å². The Hall–Kier alpha value is -0.900. The highest BCUT2D eigenvalue weighted by Gasteiger charge is 2.24. The van der Waals surface area contributed by atoms with Gasteiger partial charge in [-0.15, -0.1) is 0 Å². The molecule has 0 aliphatic rings. The van der Waals surface area contributed by atoms with Crippen LogP contribution in [-0.4, -0.2) is 10.1 Å². The summed E-state index contributed by atoms with van der Waals surface area (Å²) >= 11 is 0. The molecule has 80 valence electrons. The Balaban J connectivity index is 2.67. The van der Waals surface area contributed by atoms with Crippen LogP contribution in [0.15, 0.2) is 4.52 Å². The average Bonchev–Trinajstić information content (AvgIpc) is 2.63. The molecule has 0 aliphatic carbocycles. The van der Waals surface area contributed by atoms with E-state index in [4.69, 9.17) is 10.3 Å². The number of nitrogens with zero attached hydrogens (tertiary/aromatic N) is 2. The molecule has 1 atom stereocenters. The second-order valence-corrected chi connectivity index (χ2v) is 3.89. The summed E-state index contributed by atoms with van der Waals surface area (Å²) in [5, 5.41) is 3.90. The maximum atomic E-state index is 5.99. The predicted octanol–water partition coefficient (Wildman–Crippen LogP) is 2.00. The lowest BCUT2D eigenvalue weighted by atomic mass is 10.0. The first-order valence-corrected chi connectivity index (χ1v) is 5.22. The fraction of sp³-hybridized carbons (Fsp3) is 0.800. The van der Waals surface area contributed by atoms with Crippen molar-refractivity contribution in [3.05, 3.63) is 11.7 Å². The second-order valence-electron chi connectivity index (χ2n) is 3.89. The average molecular weight is 197 g/mol. The molecule has 4 nitrogen and oxygen atoms in total. The Morgan fingerprint density at radius 2 is 2.14 bits per heavy atom. The Kier molecular flexibility index (Phi) is 3.63. The summed E-state index contributed by atoms with van der Waals surface area (Å²) in [5.41, 5.74) is 5.53. The molecule has 1 unspecified atom stereocenters. The van der Waals surface area contributed by atoms with Gasteiger partial charge in [0.2, 0.25) is 5.89 Å². The molecular formula is C10H19N3O. The number of aromatic nitrogens is 2. The largest absolute Gasteiger partial charge is 0.339 e. The molecule has 0 radical (unpaired) electrons. The van der Waals surface area contributed by atoms with Crippen molar-refractivity contribution in [2.45, 2.75) is 52.0 Å². The molecule has 0 aliphatic heterocycles. The minimum absolute atomic E-state index is 0.464. The van der Waals surface area contributed by atoms with Crippen LogP contribution in [0.3, 0.4) is 0 Å². The van der Waals surface area contributed by atoms with E-state index >= 15 is 0 Å². The number of hydrogen-bond donors (Lipinski definition) is 1. The highest BCUT2D eigenvalue weighted by molar-refractivity contribution is 5.00. The number of hydrogen-bond acceptors (Lipinski definition) is 4. The monoisotopic (exact) mass is 197 g/mol. The van der Waals surface area contributed by atoms with Gasteiger partial charge < -0.3 is 10.3 Å². The standard InChI is InChI=1S/C10H19N3O/c1-4-6-7-8-12-9(13-14-8)10(3,11)5-2/h4-7,11H2,1-3H3. The quantitative estimate of drug-likeness (QED) is 0.784. The molecule has 1 aromatic rings. The van der Waals surface area contributed by atoms with Gasteiger partial charge in [0.15, 0.2) is 5.82 Å². The summed E-state index contributed by atoms with van der Waals surface area (Å²) < 4.78 is 5.11. The van der Waals surface area contributed by atoms with Gasteiger partial charge >= 0.3 is 0 Å². The van der Waals surface area contributed by atoms with Crippen molar-refractivity contribution >= 4 is 0 Å². The Morgan fingerprint density at radius 3 is 2.71 bits per heavy atom. The van der Waals surface area contributed by atoms with Gasteiger partial charge in [-0.2, -0.15) is 4.98 Å². The molecule has 14 heavy (non-hydrogen) atoms. The maximum absolute atomic E-state index is 5.99. The normalized spacial score (nSPS) is 15.4. The third kappa shape index (κ3) is 2.54. The minimum atomic E-state index is -0.464. The first kappa shape index (κ1) is 11.2. The second kappa shape index (κ2) is 4.55. The van der Waals surface area contributed by atoms with Gasteiger partial charge in [-0.3, -0.25) is 0 Å². The van der Waals surface area contributed by atoms with Crippen molar-refractivity contribution in [2.75, 3.05) is 0 Å². The minimum Gasteiger partial charge on any atom is -0.339 e. The van der Waals surface area contributed by atoms with Gasteiger partial charge in [0, 0.05) is 6.42 Å². The van der Waals surface area contributed by atoms with E-state index in [9.17, 15) is 0 Å². The lowest BCUT2D eigenvalue weighted by molar-refractivity contribution is 0.350. The zero-order valence-electron chi connectivity index (χ0n) is 9.21. The zero-order valence-corrected chi connectivity index (χ0v) is 9.21. The van der Waals surface area contributed by atoms with Crippen molar-refractivity contribution in [1.82, 2.24) is 10.1 Å². The van der Waals surface area contributed by atoms with Crippen LogP contribution in [0.25, 0.3) is 0 Å². The fourth-order valence-corrected chi connectivity index (χ4v) is 1.07. The van der Waals surface area contributed by atoms with Gasteiger partial charge in [0.25, 0.3) is 0 Å². The number of nitrogens with two attached hydrogens (primary N) is 1. The lowest BCUT2D eigenvalue weighted by Gasteiger charge is -2.16. The van der Waals surface area contributed by atoms with Crippen molar-refractivity contribution in [1.29, 1.82) is 0 Å². The van der Waals surface area contributed by atoms with E-state index in [2.05, 4.69) is 17.1 Å². The van der Waals surface area contributed by atoms with E-state index in [0.29, 0.717) is 11.7 Å². The molecule has 0 saturated carbocycles. The summed E-state index contributed by atoms with van der Waals surface area (Å²) in [5.74, 6) is 1.32. The zero-order chi connectivity index (χ0) is 10.6. The van der Waals surface area contributed by atoms with Crippen LogP contribution in [0.5, 0.6) is 0 Å². The van der Waals surface area contributed by atoms with E-state index in [0.717, 1.165) is 25.7 Å². The number of rotatable bonds is 5. The topological polar surface area (TPSA) is 64.9 Å². The van der Waals surface area contributed by atoms with Gasteiger partial charge in [-0.05, 0) is 19.8 Å². The molecule has 1 rings (SSSR count). The first-order chi connectivity index (χ1) is 6.60. The molecular weight excluding hydrogens is 178 g/mol. The van der Waals surface area contributed by atoms with Gasteiger partial charge in [-0.25, -0.2) is 0 Å². The van der Waals surface area contributed by atoms with E-state index in [1.807, 2.05) is 13.8 Å². The van der Waals surface area contributed by atoms with E-state index in [-0.39, 0.29) is 0 Å². The number of unbranched alkanes of at least 4 members (excludes halogenated alkanes) is 1. The third-order valence-corrected chi connectivity index (χ3v) is 2.46. The van der Waals surface area contributed by atoms with Crippen molar-refractivity contribution in [3.8, 4) is 0 Å². The van der Waals surface area contributed by atoms with Crippen molar-refractivity contribution in [2.24, 2.45) is 5.73 Å². The molecule has 4 heteroatoms. The SMILES string of the molecule is CCCCc1nc(C(C)(N)CC)no1. The fourth-order valence-electron chi connectivity index (χ4n) is 1.07. The molecule has 1 heterocycles. The Labute approximate surface area is 84.9 Å². The Morgan fingerprint density at radius 1 is 1.43 bits per heavy atom. The molecule has 0 bridgehead atoms. The van der Waals surface area contributed by atoms with Crippen LogP contribution < -0.4 is 5.73 Å². The predicted molar refractivity (Wildman–Crippen MR) is 54.7 cm³/mol. The van der Waals surface area contributed by atoms with Gasteiger partial charge in [0.05, 0.1) is 5.54 Å². The molecule has 0 fully saturated rings. The lowest BCUT2D eigenvalue weighted by Crippen LogP contribution is -2.33. The molecule has 0 amide bonds. The summed E-state index contributed by atoms with van der Waals surface area (Å²) in [7, 11) is 0. The third-order valence-electron chi connectivity index (χ3n) is 2.46. The van der Waals surface area contributed by atoms with Crippen LogP contribution in [0, 0.1) is 0 Å². The van der Waals surface area contributed by atoms with Crippen molar-refractivity contribution in [3.63, 3.8) is 0 Å². The molecule has 0 spiro atoms.